The number of rotatable bonds is 3. The van der Waals surface area contributed by atoms with Gasteiger partial charge in [0.25, 0.3) is 0 Å². The van der Waals surface area contributed by atoms with E-state index < -0.39 is 0 Å². The number of nitrogens with zero attached hydrogens (tertiary/aromatic N) is 2. The van der Waals surface area contributed by atoms with Gasteiger partial charge in [-0.2, -0.15) is 4.98 Å². The molecule has 0 saturated carbocycles. The molecule has 0 spiro atoms. The van der Waals surface area contributed by atoms with E-state index in [0.29, 0.717) is 12.4 Å². The number of hydrogen-bond acceptors (Lipinski definition) is 4. The van der Waals surface area contributed by atoms with Gasteiger partial charge in [0.1, 0.15) is 5.75 Å². The monoisotopic (exact) mass is 204 g/mol. The Morgan fingerprint density at radius 3 is 2.93 bits per heavy atom. The molecule has 0 radical (unpaired) electrons. The summed E-state index contributed by atoms with van der Waals surface area (Å²) in [5, 5.41) is 3.67. The minimum absolute atomic E-state index is 0.334. The number of aryl methyl sites for hydroxylation is 2. The summed E-state index contributed by atoms with van der Waals surface area (Å²) in [6, 6.07) is 6.08. The average molecular weight is 204 g/mol. The van der Waals surface area contributed by atoms with E-state index >= 15 is 0 Å². The summed E-state index contributed by atoms with van der Waals surface area (Å²) in [4.78, 5) is 3.88. The molecule has 0 N–H and O–H groups in total. The summed E-state index contributed by atoms with van der Waals surface area (Å²) in [5.74, 6) is 1.41. The first-order valence-electron chi connectivity index (χ1n) is 4.71. The molecule has 0 bridgehead atoms. The van der Waals surface area contributed by atoms with E-state index in [-0.39, 0.29) is 0 Å². The third kappa shape index (κ3) is 2.34. The maximum atomic E-state index is 5.58. The minimum atomic E-state index is 0.334. The third-order valence-corrected chi connectivity index (χ3v) is 2.11. The Kier molecular flexibility index (Phi) is 2.67. The van der Waals surface area contributed by atoms with Crippen molar-refractivity contribution in [1.29, 1.82) is 0 Å². The van der Waals surface area contributed by atoms with E-state index in [1.807, 2.05) is 26.0 Å². The second kappa shape index (κ2) is 4.13. The molecule has 4 nitrogen and oxygen atoms in total. The predicted molar refractivity (Wildman–Crippen MR) is 54.5 cm³/mol. The van der Waals surface area contributed by atoms with E-state index in [1.165, 1.54) is 12.0 Å². The van der Waals surface area contributed by atoms with E-state index in [2.05, 4.69) is 20.7 Å². The lowest BCUT2D eigenvalue weighted by Gasteiger charge is -2.07. The first-order chi connectivity index (χ1) is 7.25. The quantitative estimate of drug-likeness (QED) is 0.769. The van der Waals surface area contributed by atoms with Gasteiger partial charge in [0.15, 0.2) is 6.61 Å². The molecule has 2 rings (SSSR count). The molecule has 0 amide bonds. The fourth-order valence-corrected chi connectivity index (χ4v) is 1.26. The second-order valence-corrected chi connectivity index (χ2v) is 3.41. The molecule has 4 heteroatoms. The average Bonchev–Trinajstić information content (AvgIpc) is 2.72. The molecule has 0 saturated heterocycles. The zero-order valence-electron chi connectivity index (χ0n) is 8.73. The molecular weight excluding hydrogens is 192 g/mol. The van der Waals surface area contributed by atoms with Crippen LogP contribution in [0.25, 0.3) is 0 Å². The number of benzene rings is 1. The molecule has 2 aromatic rings. The summed E-state index contributed by atoms with van der Waals surface area (Å²) in [7, 11) is 0. The normalized spacial score (nSPS) is 10.3. The van der Waals surface area contributed by atoms with Crippen LogP contribution in [0, 0.1) is 13.8 Å². The summed E-state index contributed by atoms with van der Waals surface area (Å²) in [6.07, 6.45) is 1.29. The van der Waals surface area contributed by atoms with Crippen LogP contribution in [0.4, 0.5) is 0 Å². The van der Waals surface area contributed by atoms with Crippen LogP contribution in [0.1, 0.15) is 17.0 Å². The zero-order valence-corrected chi connectivity index (χ0v) is 8.73. The molecule has 78 valence electrons. The minimum Gasteiger partial charge on any atom is -0.485 e. The SMILES string of the molecule is Cc1ccc(C)c(OCc2ncon2)c1. The van der Waals surface area contributed by atoms with Crippen LogP contribution >= 0.6 is 0 Å². The van der Waals surface area contributed by atoms with Gasteiger partial charge in [-0.3, -0.25) is 0 Å². The van der Waals surface area contributed by atoms with Crippen LogP contribution in [0.3, 0.4) is 0 Å². The lowest BCUT2D eigenvalue weighted by Crippen LogP contribution is -1.98. The van der Waals surface area contributed by atoms with Gasteiger partial charge in [0, 0.05) is 0 Å². The van der Waals surface area contributed by atoms with Gasteiger partial charge in [0.05, 0.1) is 0 Å². The standard InChI is InChI=1S/C11H12N2O2/c1-8-3-4-9(2)10(5-8)14-6-11-12-7-15-13-11/h3-5,7H,6H2,1-2H3. The van der Waals surface area contributed by atoms with Crippen molar-refractivity contribution in [3.8, 4) is 5.75 Å². The molecule has 0 fully saturated rings. The maximum absolute atomic E-state index is 5.58. The van der Waals surface area contributed by atoms with Crippen molar-refractivity contribution >= 4 is 0 Å². The second-order valence-electron chi connectivity index (χ2n) is 3.41. The highest BCUT2D eigenvalue weighted by atomic mass is 16.5. The van der Waals surface area contributed by atoms with Crippen LogP contribution < -0.4 is 4.74 Å². The van der Waals surface area contributed by atoms with Gasteiger partial charge in [0.2, 0.25) is 12.2 Å². The van der Waals surface area contributed by atoms with Crippen molar-refractivity contribution in [1.82, 2.24) is 10.1 Å². The fourth-order valence-electron chi connectivity index (χ4n) is 1.26. The van der Waals surface area contributed by atoms with Crippen LogP contribution in [0.2, 0.25) is 0 Å². The lowest BCUT2D eigenvalue weighted by atomic mass is 10.1. The third-order valence-electron chi connectivity index (χ3n) is 2.11. The molecule has 0 aliphatic carbocycles. The summed E-state index contributed by atoms with van der Waals surface area (Å²) in [6.45, 7) is 4.37. The van der Waals surface area contributed by atoms with Gasteiger partial charge in [-0.15, -0.1) is 0 Å². The van der Waals surface area contributed by atoms with Gasteiger partial charge in [-0.25, -0.2) is 0 Å². The molecule has 0 aliphatic rings. The van der Waals surface area contributed by atoms with Crippen molar-refractivity contribution in [3.05, 3.63) is 41.5 Å². The van der Waals surface area contributed by atoms with Gasteiger partial charge >= 0.3 is 0 Å². The molecule has 1 heterocycles. The summed E-state index contributed by atoms with van der Waals surface area (Å²) < 4.78 is 10.2. The zero-order chi connectivity index (χ0) is 10.7. The largest absolute Gasteiger partial charge is 0.485 e. The Bertz CT molecular complexity index is 438. The summed E-state index contributed by atoms with van der Waals surface area (Å²) >= 11 is 0. The van der Waals surface area contributed by atoms with E-state index in [9.17, 15) is 0 Å². The van der Waals surface area contributed by atoms with Crippen LogP contribution in [0.5, 0.6) is 5.75 Å². The molecule has 1 aromatic heterocycles. The molecule has 0 unspecified atom stereocenters. The smallest absolute Gasteiger partial charge is 0.213 e. The van der Waals surface area contributed by atoms with Crippen molar-refractivity contribution in [2.45, 2.75) is 20.5 Å². The Labute approximate surface area is 87.9 Å². The predicted octanol–water partition coefficient (Wildman–Crippen LogP) is 2.27. The number of aromatic nitrogens is 2. The first kappa shape index (κ1) is 9.71. The lowest BCUT2D eigenvalue weighted by molar-refractivity contribution is 0.284. The highest BCUT2D eigenvalue weighted by molar-refractivity contribution is 5.35. The molecule has 0 atom stereocenters. The van der Waals surface area contributed by atoms with Crippen LogP contribution in [-0.4, -0.2) is 10.1 Å². The van der Waals surface area contributed by atoms with E-state index in [1.54, 1.807) is 0 Å². The molecule has 1 aromatic carbocycles. The number of ether oxygens (including phenoxy) is 1. The Morgan fingerprint density at radius 2 is 2.20 bits per heavy atom. The van der Waals surface area contributed by atoms with E-state index in [0.717, 1.165) is 11.3 Å². The highest BCUT2D eigenvalue weighted by Crippen LogP contribution is 2.19. The Balaban J connectivity index is 2.07. The molecule has 15 heavy (non-hydrogen) atoms. The fraction of sp³-hybridized carbons (Fsp3) is 0.273. The highest BCUT2D eigenvalue weighted by Gasteiger charge is 2.02. The van der Waals surface area contributed by atoms with Crippen molar-refractivity contribution in [3.63, 3.8) is 0 Å². The molecular formula is C11H12N2O2. The Hall–Kier alpha value is -1.84. The van der Waals surface area contributed by atoms with Gasteiger partial charge < -0.3 is 9.26 Å². The topological polar surface area (TPSA) is 48.2 Å². The van der Waals surface area contributed by atoms with Gasteiger partial charge in [-0.1, -0.05) is 17.3 Å². The van der Waals surface area contributed by atoms with Crippen LogP contribution in [-0.2, 0) is 6.61 Å². The Morgan fingerprint density at radius 1 is 1.33 bits per heavy atom. The maximum Gasteiger partial charge on any atom is 0.213 e. The molecule has 0 aliphatic heterocycles. The number of hydrogen-bond donors (Lipinski definition) is 0. The summed E-state index contributed by atoms with van der Waals surface area (Å²) in [5.41, 5.74) is 2.27. The van der Waals surface area contributed by atoms with Gasteiger partial charge in [-0.05, 0) is 31.0 Å². The van der Waals surface area contributed by atoms with E-state index in [4.69, 9.17) is 4.74 Å². The first-order valence-corrected chi connectivity index (χ1v) is 4.71. The van der Waals surface area contributed by atoms with Crippen LogP contribution in [0.15, 0.2) is 29.1 Å². The van der Waals surface area contributed by atoms with Crippen molar-refractivity contribution in [2.75, 3.05) is 0 Å². The van der Waals surface area contributed by atoms with Crippen molar-refractivity contribution < 1.29 is 9.26 Å². The van der Waals surface area contributed by atoms with Crippen molar-refractivity contribution in [2.24, 2.45) is 0 Å².